The molecule has 0 bridgehead atoms. The van der Waals surface area contributed by atoms with Crippen molar-refractivity contribution >= 4 is 12.0 Å². The van der Waals surface area contributed by atoms with Crippen molar-refractivity contribution in [3.8, 4) is 0 Å². The number of carbonyl (C=O) groups excluding carboxylic acids is 1. The maximum Gasteiger partial charge on any atom is 0.407 e. The first-order valence-electron chi connectivity index (χ1n) is 8.20. The second-order valence-electron chi connectivity index (χ2n) is 6.72. The lowest BCUT2D eigenvalue weighted by Gasteiger charge is -2.30. The Bertz CT molecular complexity index is 828. The molecule has 1 N–H and O–H groups in total. The lowest BCUT2D eigenvalue weighted by atomic mass is 10.00. The van der Waals surface area contributed by atoms with E-state index in [1.54, 1.807) is 28.9 Å². The standard InChI is InChI=1S/C16H19N5O4/c1-9-5-12-11(8-20(9)16(23)24)14-15(22)19(2)6-10(7-21(14)18-12)13-3-4-17-25-13/h3-4,9-10H,5-8H2,1-2H3,(H,23,24)/t9-,10-/m1/s1. The van der Waals surface area contributed by atoms with Gasteiger partial charge in [-0.3, -0.25) is 9.48 Å². The molecule has 2 atom stereocenters. The van der Waals surface area contributed by atoms with Gasteiger partial charge in [-0.1, -0.05) is 5.16 Å². The highest BCUT2D eigenvalue weighted by Crippen LogP contribution is 2.31. The highest BCUT2D eigenvalue weighted by atomic mass is 16.5. The van der Waals surface area contributed by atoms with Crippen molar-refractivity contribution < 1.29 is 19.2 Å². The first kappa shape index (κ1) is 15.7. The summed E-state index contributed by atoms with van der Waals surface area (Å²) >= 11 is 0. The summed E-state index contributed by atoms with van der Waals surface area (Å²) in [6.45, 7) is 3.03. The molecule has 0 spiro atoms. The second kappa shape index (κ2) is 5.61. The van der Waals surface area contributed by atoms with Gasteiger partial charge in [-0.2, -0.15) is 5.10 Å². The average Bonchev–Trinajstić information content (AvgIpc) is 3.17. The summed E-state index contributed by atoms with van der Waals surface area (Å²) in [6.07, 6.45) is 1.11. The Kier molecular flexibility index (Phi) is 3.52. The van der Waals surface area contributed by atoms with Crippen LogP contribution in [0.25, 0.3) is 0 Å². The van der Waals surface area contributed by atoms with E-state index in [1.807, 2.05) is 6.92 Å². The molecule has 0 aliphatic carbocycles. The minimum atomic E-state index is -0.980. The van der Waals surface area contributed by atoms with Crippen LogP contribution in [0.2, 0.25) is 0 Å². The van der Waals surface area contributed by atoms with Gasteiger partial charge < -0.3 is 19.4 Å². The lowest BCUT2D eigenvalue weighted by Crippen LogP contribution is -2.42. The van der Waals surface area contributed by atoms with Crippen molar-refractivity contribution in [2.24, 2.45) is 0 Å². The van der Waals surface area contributed by atoms with E-state index in [9.17, 15) is 14.7 Å². The van der Waals surface area contributed by atoms with Gasteiger partial charge >= 0.3 is 6.09 Å². The first-order chi connectivity index (χ1) is 12.0. The van der Waals surface area contributed by atoms with Gasteiger partial charge in [0.05, 0.1) is 30.9 Å². The molecule has 9 nitrogen and oxygen atoms in total. The zero-order chi connectivity index (χ0) is 17.7. The third-order valence-electron chi connectivity index (χ3n) is 5.03. The molecule has 4 rings (SSSR count). The zero-order valence-electron chi connectivity index (χ0n) is 14.0. The van der Waals surface area contributed by atoms with Gasteiger partial charge in [0.2, 0.25) is 0 Å². The fourth-order valence-electron chi connectivity index (χ4n) is 3.70. The van der Waals surface area contributed by atoms with Gasteiger partial charge in [-0.15, -0.1) is 0 Å². The number of hydrogen-bond donors (Lipinski definition) is 1. The molecule has 2 aliphatic rings. The Morgan fingerprint density at radius 1 is 1.40 bits per heavy atom. The molecule has 4 heterocycles. The number of hydrogen-bond acceptors (Lipinski definition) is 5. The van der Waals surface area contributed by atoms with Crippen molar-refractivity contribution in [1.82, 2.24) is 24.7 Å². The zero-order valence-corrected chi connectivity index (χ0v) is 14.0. The summed E-state index contributed by atoms with van der Waals surface area (Å²) in [7, 11) is 1.74. The minimum Gasteiger partial charge on any atom is -0.465 e. The number of likely N-dealkylation sites (N-methyl/N-ethyl adjacent to an activating group) is 1. The van der Waals surface area contributed by atoms with E-state index in [0.717, 1.165) is 11.3 Å². The fraction of sp³-hybridized carbons (Fsp3) is 0.500. The molecule has 0 unspecified atom stereocenters. The van der Waals surface area contributed by atoms with Crippen LogP contribution in [0.1, 0.15) is 40.3 Å². The van der Waals surface area contributed by atoms with Gasteiger partial charge in [-0.05, 0) is 6.92 Å². The summed E-state index contributed by atoms with van der Waals surface area (Å²) in [6, 6.07) is 1.63. The predicted molar refractivity (Wildman–Crippen MR) is 85.2 cm³/mol. The van der Waals surface area contributed by atoms with E-state index in [0.29, 0.717) is 31.0 Å². The van der Waals surface area contributed by atoms with Crippen LogP contribution in [-0.4, -0.2) is 61.5 Å². The number of aromatic nitrogens is 3. The first-order valence-corrected chi connectivity index (χ1v) is 8.20. The third-order valence-corrected chi connectivity index (χ3v) is 5.03. The minimum absolute atomic E-state index is 0.0490. The fourth-order valence-corrected chi connectivity index (χ4v) is 3.70. The van der Waals surface area contributed by atoms with Gasteiger partial charge in [0.1, 0.15) is 11.5 Å². The molecule has 0 aromatic carbocycles. The van der Waals surface area contributed by atoms with Crippen molar-refractivity contribution in [3.63, 3.8) is 0 Å². The topological polar surface area (TPSA) is 105 Å². The molecular formula is C16H19N5O4. The van der Waals surface area contributed by atoms with Crippen LogP contribution in [0, 0.1) is 0 Å². The van der Waals surface area contributed by atoms with E-state index in [1.165, 1.54) is 4.90 Å². The van der Waals surface area contributed by atoms with Crippen LogP contribution in [0.3, 0.4) is 0 Å². The smallest absolute Gasteiger partial charge is 0.407 e. The summed E-state index contributed by atoms with van der Waals surface area (Å²) in [4.78, 5) is 27.4. The summed E-state index contributed by atoms with van der Waals surface area (Å²) in [5.74, 6) is 0.518. The maximum absolute atomic E-state index is 12.9. The molecule has 25 heavy (non-hydrogen) atoms. The normalized spacial score (nSPS) is 23.2. The van der Waals surface area contributed by atoms with Crippen molar-refractivity contribution in [2.45, 2.75) is 38.4 Å². The highest BCUT2D eigenvalue weighted by Gasteiger charge is 2.37. The van der Waals surface area contributed by atoms with Crippen LogP contribution in [0.4, 0.5) is 4.79 Å². The molecule has 2 aromatic heterocycles. The predicted octanol–water partition coefficient (Wildman–Crippen LogP) is 1.17. The number of fused-ring (bicyclic) bond motifs is 3. The Morgan fingerprint density at radius 2 is 2.20 bits per heavy atom. The Hall–Kier alpha value is -2.84. The molecule has 2 aromatic rings. The number of carbonyl (C=O) groups is 2. The van der Waals surface area contributed by atoms with Crippen molar-refractivity contribution in [1.29, 1.82) is 0 Å². The molecule has 132 valence electrons. The van der Waals surface area contributed by atoms with Crippen molar-refractivity contribution in [3.05, 3.63) is 35.0 Å². The SMILES string of the molecule is C[C@@H]1Cc2nn3c(c2CN1C(=O)O)C(=O)N(C)C[C@@H](c1ccno1)C3. The van der Waals surface area contributed by atoms with E-state index >= 15 is 0 Å². The monoisotopic (exact) mass is 345 g/mol. The average molecular weight is 345 g/mol. The molecule has 0 saturated carbocycles. The number of nitrogens with zero attached hydrogens (tertiary/aromatic N) is 5. The van der Waals surface area contributed by atoms with E-state index < -0.39 is 6.09 Å². The second-order valence-corrected chi connectivity index (χ2v) is 6.72. The number of amides is 2. The molecular weight excluding hydrogens is 326 g/mol. The maximum atomic E-state index is 12.9. The summed E-state index contributed by atoms with van der Waals surface area (Å²) < 4.78 is 6.99. The Morgan fingerprint density at radius 3 is 2.88 bits per heavy atom. The number of rotatable bonds is 1. The van der Waals surface area contributed by atoms with Crippen LogP contribution in [0.15, 0.2) is 16.8 Å². The molecule has 2 aliphatic heterocycles. The molecule has 0 saturated heterocycles. The molecule has 0 radical (unpaired) electrons. The van der Waals surface area contributed by atoms with Gasteiger partial charge in [0, 0.05) is 37.7 Å². The largest absolute Gasteiger partial charge is 0.465 e. The lowest BCUT2D eigenvalue weighted by molar-refractivity contribution is 0.0782. The van der Waals surface area contributed by atoms with E-state index in [4.69, 9.17) is 4.52 Å². The molecule has 2 amide bonds. The van der Waals surface area contributed by atoms with Gasteiger partial charge in [-0.25, -0.2) is 4.79 Å². The van der Waals surface area contributed by atoms with Crippen LogP contribution < -0.4 is 0 Å². The Labute approximate surface area is 143 Å². The van der Waals surface area contributed by atoms with Crippen LogP contribution >= 0.6 is 0 Å². The van der Waals surface area contributed by atoms with Gasteiger partial charge in [0.25, 0.3) is 5.91 Å². The summed E-state index contributed by atoms with van der Waals surface area (Å²) in [5, 5.41) is 17.8. The van der Waals surface area contributed by atoms with Crippen molar-refractivity contribution in [2.75, 3.05) is 13.6 Å². The highest BCUT2D eigenvalue weighted by molar-refractivity contribution is 5.94. The van der Waals surface area contributed by atoms with E-state index in [2.05, 4.69) is 10.3 Å². The Balaban J connectivity index is 1.77. The molecule has 9 heteroatoms. The third kappa shape index (κ3) is 2.46. The number of carboxylic acid groups (broad SMARTS) is 1. The van der Waals surface area contributed by atoms with Gasteiger partial charge in [0.15, 0.2) is 0 Å². The van der Waals surface area contributed by atoms with E-state index in [-0.39, 0.29) is 24.4 Å². The summed E-state index contributed by atoms with van der Waals surface area (Å²) in [5.41, 5.74) is 2.01. The van der Waals surface area contributed by atoms with Crippen LogP contribution in [0.5, 0.6) is 0 Å². The quantitative estimate of drug-likeness (QED) is 0.832. The van der Waals surface area contributed by atoms with Crippen LogP contribution in [-0.2, 0) is 19.5 Å². The molecule has 0 fully saturated rings.